The zero-order chi connectivity index (χ0) is 12.8. The SMILES string of the molecule is CCC(CC)CNCC1CNc2ccccc2O1. The largest absolute Gasteiger partial charge is 0.485 e. The molecule has 2 rings (SSSR count). The maximum atomic E-state index is 5.96. The van der Waals surface area contributed by atoms with E-state index in [-0.39, 0.29) is 6.10 Å². The van der Waals surface area contributed by atoms with Crippen molar-refractivity contribution < 1.29 is 4.74 Å². The highest BCUT2D eigenvalue weighted by atomic mass is 16.5. The molecular weight excluding hydrogens is 224 g/mol. The molecule has 0 aliphatic carbocycles. The Bertz CT molecular complexity index is 363. The smallest absolute Gasteiger partial charge is 0.142 e. The molecule has 18 heavy (non-hydrogen) atoms. The second-order valence-corrected chi connectivity index (χ2v) is 4.96. The number of ether oxygens (including phenoxy) is 1. The van der Waals surface area contributed by atoms with Gasteiger partial charge in [0.1, 0.15) is 11.9 Å². The first-order valence-corrected chi connectivity index (χ1v) is 7.03. The van der Waals surface area contributed by atoms with Crippen LogP contribution in [0.4, 0.5) is 5.69 Å². The highest BCUT2D eigenvalue weighted by Gasteiger charge is 2.18. The highest BCUT2D eigenvalue weighted by Crippen LogP contribution is 2.27. The first-order valence-electron chi connectivity index (χ1n) is 7.03. The molecule has 0 bridgehead atoms. The van der Waals surface area contributed by atoms with Crippen LogP contribution in [0.5, 0.6) is 5.75 Å². The Hall–Kier alpha value is -1.22. The van der Waals surface area contributed by atoms with Crippen LogP contribution in [0.15, 0.2) is 24.3 Å². The molecule has 1 heterocycles. The lowest BCUT2D eigenvalue weighted by Gasteiger charge is -2.28. The molecule has 2 N–H and O–H groups in total. The molecule has 1 aliphatic heterocycles. The molecule has 1 atom stereocenters. The molecule has 1 aliphatic rings. The van der Waals surface area contributed by atoms with E-state index in [2.05, 4.69) is 30.5 Å². The average molecular weight is 248 g/mol. The van der Waals surface area contributed by atoms with Gasteiger partial charge in [0.2, 0.25) is 0 Å². The standard InChI is InChI=1S/C15H24N2O/c1-3-12(4-2)9-16-10-13-11-17-14-7-5-6-8-15(14)18-13/h5-8,12-13,16-17H,3-4,9-11H2,1-2H3. The Labute approximate surface area is 110 Å². The van der Waals surface area contributed by atoms with Gasteiger partial charge in [-0.3, -0.25) is 0 Å². The predicted octanol–water partition coefficient (Wildman–Crippen LogP) is 2.89. The third-order valence-electron chi connectivity index (χ3n) is 3.66. The molecule has 1 unspecified atom stereocenters. The minimum Gasteiger partial charge on any atom is -0.485 e. The fourth-order valence-corrected chi connectivity index (χ4v) is 2.30. The molecule has 0 saturated heterocycles. The Morgan fingerprint density at radius 1 is 1.33 bits per heavy atom. The zero-order valence-electron chi connectivity index (χ0n) is 11.4. The maximum Gasteiger partial charge on any atom is 0.142 e. The van der Waals surface area contributed by atoms with Crippen LogP contribution in [0.25, 0.3) is 0 Å². The van der Waals surface area contributed by atoms with Crippen molar-refractivity contribution in [3.8, 4) is 5.75 Å². The number of hydrogen-bond donors (Lipinski definition) is 2. The molecule has 0 spiro atoms. The van der Waals surface area contributed by atoms with Crippen LogP contribution in [-0.2, 0) is 0 Å². The zero-order valence-corrected chi connectivity index (χ0v) is 11.4. The Balaban J connectivity index is 1.76. The van der Waals surface area contributed by atoms with Crippen molar-refractivity contribution >= 4 is 5.69 Å². The number of fused-ring (bicyclic) bond motifs is 1. The summed E-state index contributed by atoms with van der Waals surface area (Å²) in [4.78, 5) is 0. The molecule has 0 aromatic heterocycles. The number of rotatable bonds is 6. The lowest BCUT2D eigenvalue weighted by Crippen LogP contribution is -2.40. The van der Waals surface area contributed by atoms with Gasteiger partial charge in [-0.05, 0) is 24.6 Å². The minimum atomic E-state index is 0.231. The predicted molar refractivity (Wildman–Crippen MR) is 76.3 cm³/mol. The van der Waals surface area contributed by atoms with E-state index >= 15 is 0 Å². The normalized spacial score (nSPS) is 18.1. The third-order valence-corrected chi connectivity index (χ3v) is 3.66. The van der Waals surface area contributed by atoms with Crippen LogP contribution in [0.3, 0.4) is 0 Å². The van der Waals surface area contributed by atoms with Crippen LogP contribution in [0, 0.1) is 5.92 Å². The van der Waals surface area contributed by atoms with Crippen molar-refractivity contribution in [3.05, 3.63) is 24.3 Å². The van der Waals surface area contributed by atoms with E-state index in [1.807, 2.05) is 18.2 Å². The van der Waals surface area contributed by atoms with Crippen LogP contribution in [0.2, 0.25) is 0 Å². The van der Waals surface area contributed by atoms with E-state index in [4.69, 9.17) is 4.74 Å². The summed E-state index contributed by atoms with van der Waals surface area (Å²) in [6.45, 7) is 7.40. The molecule has 100 valence electrons. The molecule has 1 aromatic carbocycles. The van der Waals surface area contributed by atoms with Gasteiger partial charge in [0.15, 0.2) is 0 Å². The van der Waals surface area contributed by atoms with Crippen molar-refractivity contribution in [1.29, 1.82) is 0 Å². The quantitative estimate of drug-likeness (QED) is 0.812. The molecule has 0 radical (unpaired) electrons. The first kappa shape index (κ1) is 13.2. The van der Waals surface area contributed by atoms with Gasteiger partial charge in [-0.15, -0.1) is 0 Å². The Morgan fingerprint density at radius 2 is 2.11 bits per heavy atom. The molecule has 0 saturated carbocycles. The van der Waals surface area contributed by atoms with E-state index in [1.54, 1.807) is 0 Å². The molecular formula is C15H24N2O. The topological polar surface area (TPSA) is 33.3 Å². The average Bonchev–Trinajstić information content (AvgIpc) is 2.43. The van der Waals surface area contributed by atoms with Crippen molar-refractivity contribution in [2.75, 3.05) is 25.0 Å². The monoisotopic (exact) mass is 248 g/mol. The number of benzene rings is 1. The lowest BCUT2D eigenvalue weighted by molar-refractivity contribution is 0.199. The van der Waals surface area contributed by atoms with Crippen LogP contribution < -0.4 is 15.4 Å². The van der Waals surface area contributed by atoms with Crippen LogP contribution in [-0.4, -0.2) is 25.7 Å². The van der Waals surface area contributed by atoms with Gasteiger partial charge in [-0.1, -0.05) is 38.8 Å². The molecule has 3 nitrogen and oxygen atoms in total. The van der Waals surface area contributed by atoms with Gasteiger partial charge in [0.05, 0.1) is 12.2 Å². The third kappa shape index (κ3) is 3.39. The van der Waals surface area contributed by atoms with Gasteiger partial charge in [-0.2, -0.15) is 0 Å². The number of para-hydroxylation sites is 2. The van der Waals surface area contributed by atoms with E-state index in [0.717, 1.165) is 37.0 Å². The molecule has 1 aromatic rings. The van der Waals surface area contributed by atoms with E-state index < -0.39 is 0 Å². The molecule has 0 fully saturated rings. The summed E-state index contributed by atoms with van der Waals surface area (Å²) in [5.74, 6) is 1.76. The van der Waals surface area contributed by atoms with Crippen LogP contribution >= 0.6 is 0 Å². The van der Waals surface area contributed by atoms with Gasteiger partial charge >= 0.3 is 0 Å². The second-order valence-electron chi connectivity index (χ2n) is 4.96. The van der Waals surface area contributed by atoms with Crippen LogP contribution in [0.1, 0.15) is 26.7 Å². The summed E-state index contributed by atoms with van der Waals surface area (Å²) < 4.78 is 5.96. The van der Waals surface area contributed by atoms with Gasteiger partial charge in [0, 0.05) is 6.54 Å². The maximum absolute atomic E-state index is 5.96. The van der Waals surface area contributed by atoms with E-state index in [9.17, 15) is 0 Å². The Morgan fingerprint density at radius 3 is 2.89 bits per heavy atom. The summed E-state index contributed by atoms with van der Waals surface area (Å²) >= 11 is 0. The van der Waals surface area contributed by atoms with Crippen molar-refractivity contribution in [2.24, 2.45) is 5.92 Å². The summed E-state index contributed by atoms with van der Waals surface area (Å²) in [6, 6.07) is 8.12. The second kappa shape index (κ2) is 6.64. The summed E-state index contributed by atoms with van der Waals surface area (Å²) in [6.07, 6.45) is 2.72. The molecule has 3 heteroatoms. The number of hydrogen-bond acceptors (Lipinski definition) is 3. The highest BCUT2D eigenvalue weighted by molar-refractivity contribution is 5.57. The first-order chi connectivity index (χ1) is 8.83. The lowest BCUT2D eigenvalue weighted by atomic mass is 10.0. The number of nitrogens with one attached hydrogen (secondary N) is 2. The fourth-order valence-electron chi connectivity index (χ4n) is 2.30. The summed E-state index contributed by atoms with van der Waals surface area (Å²) in [7, 11) is 0. The van der Waals surface area contributed by atoms with Crippen molar-refractivity contribution in [3.63, 3.8) is 0 Å². The summed E-state index contributed by atoms with van der Waals surface area (Å²) in [5, 5.41) is 6.94. The van der Waals surface area contributed by atoms with E-state index in [1.165, 1.54) is 12.8 Å². The van der Waals surface area contributed by atoms with Crippen molar-refractivity contribution in [1.82, 2.24) is 5.32 Å². The van der Waals surface area contributed by atoms with Gasteiger partial charge < -0.3 is 15.4 Å². The van der Waals surface area contributed by atoms with Gasteiger partial charge in [-0.25, -0.2) is 0 Å². The number of anilines is 1. The molecule has 0 amide bonds. The fraction of sp³-hybridized carbons (Fsp3) is 0.600. The summed E-state index contributed by atoms with van der Waals surface area (Å²) in [5.41, 5.74) is 1.11. The van der Waals surface area contributed by atoms with Crippen molar-refractivity contribution in [2.45, 2.75) is 32.8 Å². The van der Waals surface area contributed by atoms with Gasteiger partial charge in [0.25, 0.3) is 0 Å². The van der Waals surface area contributed by atoms with E-state index in [0.29, 0.717) is 0 Å². The Kier molecular flexibility index (Phi) is 4.88. The minimum absolute atomic E-state index is 0.231.